The minimum Gasteiger partial charge on any atom is -0.365 e. The second-order valence-electron chi connectivity index (χ2n) is 4.81. The Balaban J connectivity index is 1.99. The highest BCUT2D eigenvalue weighted by Crippen LogP contribution is 2.19. The van der Waals surface area contributed by atoms with E-state index in [9.17, 15) is 4.79 Å². The molecule has 0 heterocycles. The normalized spacial score (nSPS) is 13.8. The largest absolute Gasteiger partial charge is 0.365 e. The van der Waals surface area contributed by atoms with Gasteiger partial charge in [-0.25, -0.2) is 0 Å². The predicted molar refractivity (Wildman–Crippen MR) is 70.3 cm³/mol. The van der Waals surface area contributed by atoms with Crippen molar-refractivity contribution in [3.05, 3.63) is 29.3 Å². The quantitative estimate of drug-likeness (QED) is 0.873. The zero-order valence-corrected chi connectivity index (χ0v) is 10.7. The van der Waals surface area contributed by atoms with Gasteiger partial charge < -0.3 is 10.2 Å². The molecule has 0 unspecified atom stereocenters. The molecule has 4 heteroatoms. The number of likely N-dealkylation sites (N-methyl/N-ethyl adjacent to an activating group) is 1. The highest BCUT2D eigenvalue weighted by molar-refractivity contribution is 5.81. The average molecular weight is 243 g/mol. The van der Waals surface area contributed by atoms with Gasteiger partial charge in [0.25, 0.3) is 0 Å². The number of hydrogen-bond donors (Lipinski definition) is 1. The van der Waals surface area contributed by atoms with Gasteiger partial charge in [0.15, 0.2) is 0 Å². The average Bonchev–Trinajstić information content (AvgIpc) is 3.12. The van der Waals surface area contributed by atoms with E-state index in [4.69, 9.17) is 5.26 Å². The predicted octanol–water partition coefficient (Wildman–Crippen LogP) is 1.58. The van der Waals surface area contributed by atoms with Crippen LogP contribution in [0.4, 0.5) is 5.69 Å². The van der Waals surface area contributed by atoms with Gasteiger partial charge in [0.05, 0.1) is 18.2 Å². The van der Waals surface area contributed by atoms with Gasteiger partial charge >= 0.3 is 0 Å². The maximum atomic E-state index is 11.7. The van der Waals surface area contributed by atoms with Crippen molar-refractivity contribution < 1.29 is 4.79 Å². The Bertz CT molecular complexity index is 500. The van der Waals surface area contributed by atoms with Crippen molar-refractivity contribution in [3.8, 4) is 6.07 Å². The third kappa shape index (κ3) is 3.01. The number of aryl methyl sites for hydroxylation is 1. The maximum absolute atomic E-state index is 11.7. The SMILES string of the molecule is Cc1cc(N(C)CC(=O)NC2CC2)ccc1C#N. The molecule has 1 N–H and O–H groups in total. The van der Waals surface area contributed by atoms with Crippen LogP contribution in [0, 0.1) is 18.3 Å². The lowest BCUT2D eigenvalue weighted by Gasteiger charge is -2.19. The fourth-order valence-electron chi connectivity index (χ4n) is 1.82. The van der Waals surface area contributed by atoms with E-state index >= 15 is 0 Å². The first-order chi connectivity index (χ1) is 8.60. The molecule has 0 spiro atoms. The number of nitriles is 1. The molecule has 94 valence electrons. The molecule has 0 aliphatic heterocycles. The molecule has 18 heavy (non-hydrogen) atoms. The topological polar surface area (TPSA) is 56.1 Å². The van der Waals surface area contributed by atoms with Gasteiger partial charge in [0.2, 0.25) is 5.91 Å². The summed E-state index contributed by atoms with van der Waals surface area (Å²) in [4.78, 5) is 13.6. The molecule has 2 rings (SSSR count). The van der Waals surface area contributed by atoms with Crippen LogP contribution >= 0.6 is 0 Å². The molecule has 0 atom stereocenters. The summed E-state index contributed by atoms with van der Waals surface area (Å²) in [6, 6.07) is 8.13. The van der Waals surface area contributed by atoms with E-state index in [2.05, 4.69) is 11.4 Å². The first kappa shape index (κ1) is 12.4. The zero-order chi connectivity index (χ0) is 13.1. The molecule has 1 aromatic rings. The number of nitrogens with one attached hydrogen (secondary N) is 1. The molecule has 1 aromatic carbocycles. The first-order valence-electron chi connectivity index (χ1n) is 6.11. The van der Waals surface area contributed by atoms with E-state index < -0.39 is 0 Å². The molecule has 1 saturated carbocycles. The number of benzene rings is 1. The van der Waals surface area contributed by atoms with Crippen molar-refractivity contribution in [2.24, 2.45) is 0 Å². The summed E-state index contributed by atoms with van der Waals surface area (Å²) in [5.41, 5.74) is 2.57. The van der Waals surface area contributed by atoms with Crippen LogP contribution in [0.1, 0.15) is 24.0 Å². The van der Waals surface area contributed by atoms with E-state index in [1.165, 1.54) is 0 Å². The Morgan fingerprint density at radius 1 is 1.56 bits per heavy atom. The van der Waals surface area contributed by atoms with Gasteiger partial charge in [0, 0.05) is 18.8 Å². The lowest BCUT2D eigenvalue weighted by Crippen LogP contribution is -2.36. The molecule has 1 fully saturated rings. The van der Waals surface area contributed by atoms with Gasteiger partial charge in [-0.1, -0.05) is 0 Å². The first-order valence-corrected chi connectivity index (χ1v) is 6.11. The Morgan fingerprint density at radius 3 is 2.83 bits per heavy atom. The molecule has 1 amide bonds. The molecule has 0 radical (unpaired) electrons. The van der Waals surface area contributed by atoms with Crippen LogP contribution in [0.2, 0.25) is 0 Å². The Morgan fingerprint density at radius 2 is 2.28 bits per heavy atom. The number of rotatable bonds is 4. The van der Waals surface area contributed by atoms with Crippen molar-refractivity contribution in [3.63, 3.8) is 0 Å². The second-order valence-corrected chi connectivity index (χ2v) is 4.81. The molecular formula is C14H17N3O. The fraction of sp³-hybridized carbons (Fsp3) is 0.429. The molecule has 1 aliphatic carbocycles. The summed E-state index contributed by atoms with van der Waals surface area (Å²) in [5, 5.41) is 11.8. The van der Waals surface area contributed by atoms with Gasteiger partial charge in [0.1, 0.15) is 0 Å². The van der Waals surface area contributed by atoms with Crippen molar-refractivity contribution in [1.82, 2.24) is 5.32 Å². The Hall–Kier alpha value is -2.02. The fourth-order valence-corrected chi connectivity index (χ4v) is 1.82. The van der Waals surface area contributed by atoms with Gasteiger partial charge in [-0.05, 0) is 43.5 Å². The Labute approximate surface area is 107 Å². The third-order valence-electron chi connectivity index (χ3n) is 3.09. The molecule has 4 nitrogen and oxygen atoms in total. The van der Waals surface area contributed by atoms with E-state index in [0.717, 1.165) is 24.1 Å². The molecular weight excluding hydrogens is 226 g/mol. The summed E-state index contributed by atoms with van der Waals surface area (Å²) in [5.74, 6) is 0.0574. The van der Waals surface area contributed by atoms with Crippen LogP contribution in [-0.4, -0.2) is 25.5 Å². The van der Waals surface area contributed by atoms with Crippen LogP contribution in [0.3, 0.4) is 0 Å². The molecule has 0 saturated heterocycles. The summed E-state index contributed by atoms with van der Waals surface area (Å²) >= 11 is 0. The third-order valence-corrected chi connectivity index (χ3v) is 3.09. The number of anilines is 1. The molecule has 1 aliphatic rings. The summed E-state index contributed by atoms with van der Waals surface area (Å²) in [6.45, 7) is 2.25. The summed E-state index contributed by atoms with van der Waals surface area (Å²) in [6.07, 6.45) is 2.21. The van der Waals surface area contributed by atoms with Crippen molar-refractivity contribution in [2.45, 2.75) is 25.8 Å². The number of carbonyl (C=O) groups excluding carboxylic acids is 1. The van der Waals surface area contributed by atoms with E-state index in [1.54, 1.807) is 6.07 Å². The Kier molecular flexibility index (Phi) is 3.52. The number of hydrogen-bond acceptors (Lipinski definition) is 3. The standard InChI is InChI=1S/C14H17N3O/c1-10-7-13(6-3-11(10)8-15)17(2)9-14(18)16-12-4-5-12/h3,6-7,12H,4-5,9H2,1-2H3,(H,16,18). The van der Waals surface area contributed by atoms with Gasteiger partial charge in [-0.3, -0.25) is 4.79 Å². The lowest BCUT2D eigenvalue weighted by atomic mass is 10.1. The van der Waals surface area contributed by atoms with Gasteiger partial charge in [-0.2, -0.15) is 5.26 Å². The van der Waals surface area contributed by atoms with Crippen LogP contribution < -0.4 is 10.2 Å². The van der Waals surface area contributed by atoms with Crippen LogP contribution in [-0.2, 0) is 4.79 Å². The van der Waals surface area contributed by atoms with Crippen LogP contribution in [0.15, 0.2) is 18.2 Å². The van der Waals surface area contributed by atoms with Crippen molar-refractivity contribution in [2.75, 3.05) is 18.5 Å². The smallest absolute Gasteiger partial charge is 0.239 e. The van der Waals surface area contributed by atoms with Crippen molar-refractivity contribution in [1.29, 1.82) is 5.26 Å². The number of nitrogens with zero attached hydrogens (tertiary/aromatic N) is 2. The van der Waals surface area contributed by atoms with E-state index in [-0.39, 0.29) is 5.91 Å². The molecule has 0 bridgehead atoms. The number of amides is 1. The minimum atomic E-state index is 0.0574. The van der Waals surface area contributed by atoms with Crippen LogP contribution in [0.5, 0.6) is 0 Å². The second kappa shape index (κ2) is 5.09. The number of carbonyl (C=O) groups is 1. The van der Waals surface area contributed by atoms with Crippen molar-refractivity contribution >= 4 is 11.6 Å². The maximum Gasteiger partial charge on any atom is 0.239 e. The zero-order valence-electron chi connectivity index (χ0n) is 10.7. The summed E-state index contributed by atoms with van der Waals surface area (Å²) < 4.78 is 0. The van der Waals surface area contributed by atoms with E-state index in [1.807, 2.05) is 31.0 Å². The monoisotopic (exact) mass is 243 g/mol. The van der Waals surface area contributed by atoms with Crippen LogP contribution in [0.25, 0.3) is 0 Å². The summed E-state index contributed by atoms with van der Waals surface area (Å²) in [7, 11) is 1.88. The highest BCUT2D eigenvalue weighted by atomic mass is 16.2. The van der Waals surface area contributed by atoms with E-state index in [0.29, 0.717) is 18.2 Å². The lowest BCUT2D eigenvalue weighted by molar-refractivity contribution is -0.119. The van der Waals surface area contributed by atoms with Gasteiger partial charge in [-0.15, -0.1) is 0 Å². The molecule has 0 aromatic heterocycles. The highest BCUT2D eigenvalue weighted by Gasteiger charge is 2.23. The minimum absolute atomic E-state index is 0.0574.